The minimum atomic E-state index is -0.0792. The molecular formula is C16H15N3O2S. The number of aromatic nitrogens is 1. The summed E-state index contributed by atoms with van der Waals surface area (Å²) < 4.78 is 0. The summed E-state index contributed by atoms with van der Waals surface area (Å²) in [5, 5.41) is 2.80. The van der Waals surface area contributed by atoms with E-state index in [1.807, 2.05) is 18.2 Å². The number of carbonyl (C=O) groups is 2. The zero-order chi connectivity index (χ0) is 15.5. The summed E-state index contributed by atoms with van der Waals surface area (Å²) in [5.41, 5.74) is 2.30. The Morgan fingerprint density at radius 2 is 2.09 bits per heavy atom. The summed E-state index contributed by atoms with van der Waals surface area (Å²) in [6.45, 7) is 0.513. The summed E-state index contributed by atoms with van der Waals surface area (Å²) in [6.07, 6.45) is 3.42. The van der Waals surface area contributed by atoms with Gasteiger partial charge in [-0.05, 0) is 35.9 Å². The van der Waals surface area contributed by atoms with Crippen molar-refractivity contribution in [3.05, 3.63) is 53.9 Å². The molecule has 0 atom stereocenters. The molecule has 3 rings (SSSR count). The predicted octanol–water partition coefficient (Wildman–Crippen LogP) is 2.40. The van der Waals surface area contributed by atoms with Crippen LogP contribution in [-0.4, -0.2) is 34.5 Å². The van der Waals surface area contributed by atoms with Crippen molar-refractivity contribution in [2.45, 2.75) is 11.4 Å². The van der Waals surface area contributed by atoms with Crippen LogP contribution in [-0.2, 0) is 11.3 Å². The zero-order valence-corrected chi connectivity index (χ0v) is 12.9. The molecule has 5 nitrogen and oxygen atoms in total. The third-order valence-electron chi connectivity index (χ3n) is 3.38. The summed E-state index contributed by atoms with van der Waals surface area (Å²) >= 11 is 1.48. The molecule has 0 aliphatic carbocycles. The predicted molar refractivity (Wildman–Crippen MR) is 85.8 cm³/mol. The lowest BCUT2D eigenvalue weighted by Gasteiger charge is -2.20. The van der Waals surface area contributed by atoms with Crippen LogP contribution in [0.5, 0.6) is 0 Å². The lowest BCUT2D eigenvalue weighted by atomic mass is 10.1. The average Bonchev–Trinajstić information content (AvgIpc) is 2.54. The zero-order valence-electron chi connectivity index (χ0n) is 12.1. The largest absolute Gasteiger partial charge is 0.337 e. The van der Waals surface area contributed by atoms with Crippen molar-refractivity contribution in [2.75, 3.05) is 18.1 Å². The Morgan fingerprint density at radius 1 is 1.32 bits per heavy atom. The molecule has 1 aromatic heterocycles. The number of carbonyl (C=O) groups excluding carboxylic acids is 2. The molecule has 1 aromatic carbocycles. The maximum Gasteiger partial charge on any atom is 0.253 e. The fourth-order valence-corrected chi connectivity index (χ4v) is 3.06. The number of pyridine rings is 1. The maximum atomic E-state index is 12.5. The van der Waals surface area contributed by atoms with Gasteiger partial charge in [-0.1, -0.05) is 0 Å². The topological polar surface area (TPSA) is 62.3 Å². The van der Waals surface area contributed by atoms with Gasteiger partial charge in [-0.15, -0.1) is 11.8 Å². The molecule has 0 saturated heterocycles. The van der Waals surface area contributed by atoms with E-state index < -0.39 is 0 Å². The van der Waals surface area contributed by atoms with Gasteiger partial charge in [0.1, 0.15) is 0 Å². The van der Waals surface area contributed by atoms with Crippen molar-refractivity contribution in [2.24, 2.45) is 0 Å². The number of thioether (sulfide) groups is 1. The Morgan fingerprint density at radius 3 is 2.86 bits per heavy atom. The molecule has 0 radical (unpaired) electrons. The summed E-state index contributed by atoms with van der Waals surface area (Å²) in [7, 11) is 1.76. The van der Waals surface area contributed by atoms with Crippen LogP contribution in [0, 0.1) is 0 Å². The van der Waals surface area contributed by atoms with Crippen molar-refractivity contribution in [1.29, 1.82) is 0 Å². The summed E-state index contributed by atoms with van der Waals surface area (Å²) in [5.74, 6) is 0.305. The first kappa shape index (κ1) is 14.6. The normalized spacial score (nSPS) is 13.2. The lowest BCUT2D eigenvalue weighted by Crippen LogP contribution is -2.26. The Bertz CT molecular complexity index is 719. The van der Waals surface area contributed by atoms with Gasteiger partial charge in [0.05, 0.1) is 11.4 Å². The van der Waals surface area contributed by atoms with E-state index in [-0.39, 0.29) is 11.8 Å². The molecule has 2 heterocycles. The van der Waals surface area contributed by atoms with E-state index >= 15 is 0 Å². The van der Waals surface area contributed by atoms with E-state index in [1.165, 1.54) is 11.8 Å². The average molecular weight is 313 g/mol. The molecular weight excluding hydrogens is 298 g/mol. The number of nitrogens with one attached hydrogen (secondary N) is 1. The third-order valence-corrected chi connectivity index (χ3v) is 4.45. The van der Waals surface area contributed by atoms with Crippen molar-refractivity contribution in [3.8, 4) is 0 Å². The number of rotatable bonds is 3. The molecule has 1 aliphatic heterocycles. The van der Waals surface area contributed by atoms with Crippen LogP contribution in [0.4, 0.5) is 5.69 Å². The third kappa shape index (κ3) is 3.12. The van der Waals surface area contributed by atoms with E-state index in [1.54, 1.807) is 36.5 Å². The molecule has 0 saturated carbocycles. The molecule has 22 heavy (non-hydrogen) atoms. The second-order valence-corrected chi connectivity index (χ2v) is 6.08. The monoisotopic (exact) mass is 313 g/mol. The molecule has 112 valence electrons. The smallest absolute Gasteiger partial charge is 0.253 e. The first-order valence-corrected chi connectivity index (χ1v) is 7.83. The Kier molecular flexibility index (Phi) is 4.11. The second-order valence-electron chi connectivity index (χ2n) is 5.06. The van der Waals surface area contributed by atoms with Crippen LogP contribution in [0.2, 0.25) is 0 Å². The van der Waals surface area contributed by atoms with E-state index in [0.29, 0.717) is 23.5 Å². The van der Waals surface area contributed by atoms with Gasteiger partial charge < -0.3 is 10.2 Å². The fraction of sp³-hybridized carbons (Fsp3) is 0.188. The number of hydrogen-bond acceptors (Lipinski definition) is 4. The number of hydrogen-bond donors (Lipinski definition) is 1. The van der Waals surface area contributed by atoms with Crippen LogP contribution >= 0.6 is 11.8 Å². The fourth-order valence-electron chi connectivity index (χ4n) is 2.27. The second kappa shape index (κ2) is 6.19. The number of benzene rings is 1. The summed E-state index contributed by atoms with van der Waals surface area (Å²) in [6, 6.07) is 9.19. The highest BCUT2D eigenvalue weighted by molar-refractivity contribution is 8.00. The van der Waals surface area contributed by atoms with Gasteiger partial charge in [0.25, 0.3) is 5.91 Å². The highest BCUT2D eigenvalue weighted by Gasteiger charge is 2.19. The highest BCUT2D eigenvalue weighted by Crippen LogP contribution is 2.32. The van der Waals surface area contributed by atoms with E-state index in [9.17, 15) is 9.59 Å². The van der Waals surface area contributed by atoms with Crippen LogP contribution in [0.15, 0.2) is 47.6 Å². The minimum absolute atomic E-state index is 0.0350. The first-order valence-electron chi connectivity index (χ1n) is 6.84. The molecule has 0 spiro atoms. The van der Waals surface area contributed by atoms with E-state index in [2.05, 4.69) is 10.3 Å². The van der Waals surface area contributed by atoms with Crippen LogP contribution < -0.4 is 5.32 Å². The van der Waals surface area contributed by atoms with Gasteiger partial charge in [-0.25, -0.2) is 0 Å². The first-order chi connectivity index (χ1) is 10.6. The van der Waals surface area contributed by atoms with Crippen LogP contribution in [0.3, 0.4) is 0 Å². The van der Waals surface area contributed by atoms with Crippen molar-refractivity contribution >= 4 is 29.3 Å². The van der Waals surface area contributed by atoms with Crippen molar-refractivity contribution < 1.29 is 9.59 Å². The number of amides is 2. The molecule has 1 aliphatic rings. The minimum Gasteiger partial charge on any atom is -0.337 e. The quantitative estimate of drug-likeness (QED) is 0.945. The number of fused-ring (bicyclic) bond motifs is 1. The number of nitrogens with zero attached hydrogens (tertiary/aromatic N) is 2. The molecule has 0 bridgehead atoms. The van der Waals surface area contributed by atoms with Crippen LogP contribution in [0.1, 0.15) is 15.9 Å². The molecule has 6 heteroatoms. The lowest BCUT2D eigenvalue weighted by molar-refractivity contribution is -0.113. The Labute approximate surface area is 132 Å². The molecule has 2 aromatic rings. The maximum absolute atomic E-state index is 12.5. The molecule has 1 N–H and O–H groups in total. The van der Waals surface area contributed by atoms with Gasteiger partial charge >= 0.3 is 0 Å². The molecule has 0 unspecified atom stereocenters. The van der Waals surface area contributed by atoms with Gasteiger partial charge in [-0.3, -0.25) is 14.6 Å². The highest BCUT2D eigenvalue weighted by atomic mass is 32.2. The van der Waals surface area contributed by atoms with Crippen molar-refractivity contribution in [3.63, 3.8) is 0 Å². The van der Waals surface area contributed by atoms with Gasteiger partial charge in [0.15, 0.2) is 0 Å². The van der Waals surface area contributed by atoms with Crippen LogP contribution in [0.25, 0.3) is 0 Å². The Balaban J connectivity index is 1.77. The molecule has 2 amide bonds. The SMILES string of the molecule is CN(Cc1ccncc1)C(=O)c1ccc2c(c1)NC(=O)CS2. The summed E-state index contributed by atoms with van der Waals surface area (Å²) in [4.78, 5) is 30.6. The standard InChI is InChI=1S/C16H15N3O2S/c1-19(9-11-4-6-17-7-5-11)16(21)12-2-3-14-13(8-12)18-15(20)10-22-14/h2-8H,9-10H2,1H3,(H,18,20). The Hall–Kier alpha value is -2.34. The van der Waals surface area contributed by atoms with Crippen molar-refractivity contribution in [1.82, 2.24) is 9.88 Å². The van der Waals surface area contributed by atoms with E-state index in [0.717, 1.165) is 10.5 Å². The number of anilines is 1. The van der Waals surface area contributed by atoms with E-state index in [4.69, 9.17) is 0 Å². The molecule has 0 fully saturated rings. The van der Waals surface area contributed by atoms with Gasteiger partial charge in [-0.2, -0.15) is 0 Å². The van der Waals surface area contributed by atoms with Gasteiger partial charge in [0.2, 0.25) is 5.91 Å². The van der Waals surface area contributed by atoms with Gasteiger partial charge in [0, 0.05) is 36.4 Å².